The number of aryl methyl sites for hydroxylation is 2. The number of nitrogens with two attached hydrogens (primary N) is 1. The number of aromatic nitrogens is 1. The highest BCUT2D eigenvalue weighted by Crippen LogP contribution is 2.36. The molecule has 2 aromatic rings. The van der Waals surface area contributed by atoms with Gasteiger partial charge in [0.15, 0.2) is 0 Å². The number of nitrogens with zero attached hydrogens (tertiary/aromatic N) is 2. The normalized spacial score (nSPS) is 17.7. The Labute approximate surface area is 162 Å². The van der Waals surface area contributed by atoms with Crippen molar-refractivity contribution in [2.75, 3.05) is 25.4 Å². The minimum Gasteiger partial charge on any atom is -0.466 e. The summed E-state index contributed by atoms with van der Waals surface area (Å²) >= 11 is 1.39. The maximum Gasteiger partial charge on any atom is 0.309 e. The minimum atomic E-state index is -0.152. The predicted octanol–water partition coefficient (Wildman–Crippen LogP) is 3.17. The Morgan fingerprint density at radius 1 is 1.30 bits per heavy atom. The van der Waals surface area contributed by atoms with E-state index in [4.69, 9.17) is 15.5 Å². The number of fused-ring (bicyclic) bond motifs is 2. The third-order valence-electron chi connectivity index (χ3n) is 5.60. The number of likely N-dealkylation sites (tertiary alicyclic amines) is 1. The number of carbonyl (C=O) groups is 2. The van der Waals surface area contributed by atoms with Crippen LogP contribution in [0.3, 0.4) is 0 Å². The number of amides is 1. The van der Waals surface area contributed by atoms with Crippen molar-refractivity contribution in [1.29, 1.82) is 0 Å². The summed E-state index contributed by atoms with van der Waals surface area (Å²) in [5.74, 6) is -0.307. The first-order chi connectivity index (χ1) is 13.1. The second-order valence-electron chi connectivity index (χ2n) is 7.32. The molecular formula is C20H25N3O3S. The van der Waals surface area contributed by atoms with E-state index in [2.05, 4.69) is 6.07 Å². The van der Waals surface area contributed by atoms with Gasteiger partial charge >= 0.3 is 5.97 Å². The number of esters is 1. The molecule has 0 bridgehead atoms. The van der Waals surface area contributed by atoms with E-state index in [9.17, 15) is 9.59 Å². The van der Waals surface area contributed by atoms with E-state index < -0.39 is 0 Å². The van der Waals surface area contributed by atoms with Gasteiger partial charge < -0.3 is 15.4 Å². The monoisotopic (exact) mass is 387 g/mol. The van der Waals surface area contributed by atoms with Crippen molar-refractivity contribution in [1.82, 2.24) is 9.88 Å². The van der Waals surface area contributed by atoms with E-state index in [-0.39, 0.29) is 17.8 Å². The number of pyridine rings is 1. The topological polar surface area (TPSA) is 85.5 Å². The molecule has 7 heteroatoms. The van der Waals surface area contributed by atoms with E-state index in [1.54, 1.807) is 4.90 Å². The first kappa shape index (κ1) is 18.2. The second-order valence-corrected chi connectivity index (χ2v) is 8.32. The van der Waals surface area contributed by atoms with Crippen molar-refractivity contribution >= 4 is 39.1 Å². The number of hydrogen-bond donors (Lipinski definition) is 1. The Bertz CT molecular complexity index is 884. The molecule has 2 aromatic heterocycles. The molecule has 6 nitrogen and oxygen atoms in total. The summed E-state index contributed by atoms with van der Waals surface area (Å²) in [6.07, 6.45) is 5.69. The third kappa shape index (κ3) is 3.40. The van der Waals surface area contributed by atoms with Crippen molar-refractivity contribution in [2.45, 2.75) is 45.4 Å². The van der Waals surface area contributed by atoms with Gasteiger partial charge in [0.05, 0.1) is 18.2 Å². The maximum atomic E-state index is 13.0. The molecule has 2 N–H and O–H groups in total. The molecule has 1 aliphatic carbocycles. The molecule has 0 unspecified atom stereocenters. The molecule has 3 heterocycles. The van der Waals surface area contributed by atoms with Crippen molar-refractivity contribution in [3.05, 3.63) is 22.2 Å². The molecule has 144 valence electrons. The van der Waals surface area contributed by atoms with Crippen LogP contribution in [0, 0.1) is 5.92 Å². The van der Waals surface area contributed by atoms with Crippen molar-refractivity contribution < 1.29 is 14.3 Å². The van der Waals surface area contributed by atoms with Gasteiger partial charge in [-0.05, 0) is 57.1 Å². The number of hydrogen-bond acceptors (Lipinski definition) is 6. The quantitative estimate of drug-likeness (QED) is 0.818. The Kier molecular flexibility index (Phi) is 5.04. The number of thiophene rings is 1. The Morgan fingerprint density at radius 2 is 2.04 bits per heavy atom. The highest BCUT2D eigenvalue weighted by molar-refractivity contribution is 7.21. The van der Waals surface area contributed by atoms with Crippen LogP contribution in [-0.2, 0) is 22.4 Å². The number of anilines is 1. The van der Waals surface area contributed by atoms with Gasteiger partial charge in [0.2, 0.25) is 0 Å². The van der Waals surface area contributed by atoms with Crippen LogP contribution < -0.4 is 5.73 Å². The number of rotatable bonds is 3. The van der Waals surface area contributed by atoms with Gasteiger partial charge in [0.1, 0.15) is 9.71 Å². The lowest BCUT2D eigenvalue weighted by Gasteiger charge is -2.30. The second kappa shape index (κ2) is 7.46. The largest absolute Gasteiger partial charge is 0.466 e. The highest BCUT2D eigenvalue weighted by atomic mass is 32.1. The van der Waals surface area contributed by atoms with Crippen LogP contribution in [0.25, 0.3) is 10.2 Å². The number of nitrogen functional groups attached to an aromatic ring is 1. The molecule has 2 aliphatic rings. The van der Waals surface area contributed by atoms with Crippen LogP contribution in [0.15, 0.2) is 6.07 Å². The third-order valence-corrected chi connectivity index (χ3v) is 6.70. The zero-order chi connectivity index (χ0) is 19.0. The van der Waals surface area contributed by atoms with Gasteiger partial charge in [-0.1, -0.05) is 0 Å². The van der Waals surface area contributed by atoms with Gasteiger partial charge in [-0.25, -0.2) is 4.98 Å². The molecular weight excluding hydrogens is 362 g/mol. The summed E-state index contributed by atoms with van der Waals surface area (Å²) in [4.78, 5) is 32.9. The van der Waals surface area contributed by atoms with E-state index in [0.29, 0.717) is 43.1 Å². The molecule has 1 saturated heterocycles. The number of carbonyl (C=O) groups excluding carboxylic acids is 2. The smallest absolute Gasteiger partial charge is 0.309 e. The van der Waals surface area contributed by atoms with Gasteiger partial charge in [-0.2, -0.15) is 0 Å². The molecule has 1 amide bonds. The average Bonchev–Trinajstić information content (AvgIpc) is 3.02. The van der Waals surface area contributed by atoms with Crippen LogP contribution in [0.4, 0.5) is 5.69 Å². The van der Waals surface area contributed by atoms with E-state index in [1.165, 1.54) is 29.7 Å². The predicted molar refractivity (Wildman–Crippen MR) is 106 cm³/mol. The lowest BCUT2D eigenvalue weighted by molar-refractivity contribution is -0.149. The van der Waals surface area contributed by atoms with Crippen LogP contribution >= 0.6 is 11.3 Å². The molecule has 27 heavy (non-hydrogen) atoms. The highest BCUT2D eigenvalue weighted by Gasteiger charge is 2.30. The molecule has 4 rings (SSSR count). The maximum absolute atomic E-state index is 13.0. The Hall–Kier alpha value is -2.15. The van der Waals surface area contributed by atoms with Gasteiger partial charge in [0.25, 0.3) is 5.91 Å². The summed E-state index contributed by atoms with van der Waals surface area (Å²) in [6.45, 7) is 3.32. The fraction of sp³-hybridized carbons (Fsp3) is 0.550. The lowest BCUT2D eigenvalue weighted by Crippen LogP contribution is -2.40. The van der Waals surface area contributed by atoms with Gasteiger partial charge in [-0.3, -0.25) is 9.59 Å². The fourth-order valence-corrected chi connectivity index (χ4v) is 5.10. The Balaban J connectivity index is 1.53. The zero-order valence-electron chi connectivity index (χ0n) is 15.6. The first-order valence-corrected chi connectivity index (χ1v) is 10.6. The van der Waals surface area contributed by atoms with Crippen LogP contribution in [0.5, 0.6) is 0 Å². The molecule has 0 radical (unpaired) electrons. The standard InChI is InChI=1S/C20H25N3O3S/c1-2-26-20(25)12-7-9-23(10-8-12)19(24)17-16(21)14-11-13-5-3-4-6-15(13)22-18(14)27-17/h11-12H,2-10,21H2,1H3. The Morgan fingerprint density at radius 3 is 2.78 bits per heavy atom. The molecule has 1 aliphatic heterocycles. The summed E-state index contributed by atoms with van der Waals surface area (Å²) in [5.41, 5.74) is 9.32. The summed E-state index contributed by atoms with van der Waals surface area (Å²) in [5, 5.41) is 0.908. The molecule has 0 atom stereocenters. The molecule has 1 fully saturated rings. The van der Waals surface area contributed by atoms with Gasteiger partial charge in [0, 0.05) is 24.2 Å². The molecule has 0 spiro atoms. The minimum absolute atomic E-state index is 0.0456. The van der Waals surface area contributed by atoms with E-state index >= 15 is 0 Å². The molecule has 0 saturated carbocycles. The van der Waals surface area contributed by atoms with Crippen molar-refractivity contribution in [3.63, 3.8) is 0 Å². The lowest BCUT2D eigenvalue weighted by atomic mass is 9.95. The van der Waals surface area contributed by atoms with Crippen LogP contribution in [0.2, 0.25) is 0 Å². The van der Waals surface area contributed by atoms with Crippen LogP contribution in [-0.4, -0.2) is 41.5 Å². The summed E-state index contributed by atoms with van der Waals surface area (Å²) in [6, 6.07) is 2.13. The first-order valence-electron chi connectivity index (χ1n) is 9.75. The van der Waals surface area contributed by atoms with Crippen molar-refractivity contribution in [3.8, 4) is 0 Å². The summed E-state index contributed by atoms with van der Waals surface area (Å²) < 4.78 is 5.10. The number of ether oxygens (including phenoxy) is 1. The summed E-state index contributed by atoms with van der Waals surface area (Å²) in [7, 11) is 0. The van der Waals surface area contributed by atoms with Gasteiger partial charge in [-0.15, -0.1) is 11.3 Å². The zero-order valence-corrected chi connectivity index (χ0v) is 16.4. The van der Waals surface area contributed by atoms with E-state index in [1.807, 2.05) is 6.92 Å². The van der Waals surface area contributed by atoms with E-state index in [0.717, 1.165) is 28.8 Å². The van der Waals surface area contributed by atoms with Crippen LogP contribution in [0.1, 0.15) is 53.5 Å². The SMILES string of the molecule is CCOC(=O)C1CCN(C(=O)c2sc3nc4c(cc3c2N)CCCC4)CC1. The van der Waals surface area contributed by atoms with Crippen molar-refractivity contribution in [2.24, 2.45) is 5.92 Å². The molecule has 0 aromatic carbocycles. The average molecular weight is 388 g/mol. The fourth-order valence-electron chi connectivity index (χ4n) is 4.04. The number of piperidine rings is 1.